The summed E-state index contributed by atoms with van der Waals surface area (Å²) in [5.74, 6) is 0. The fraction of sp³-hybridized carbons (Fsp3) is 0.464. The lowest BCUT2D eigenvalue weighted by Crippen LogP contribution is -2.47. The van der Waals surface area contributed by atoms with Crippen molar-refractivity contribution in [1.82, 2.24) is 0 Å². The maximum Gasteiger partial charge on any atom is 0.417 e. The lowest BCUT2D eigenvalue weighted by Gasteiger charge is -2.37. The van der Waals surface area contributed by atoms with Crippen molar-refractivity contribution in [3.05, 3.63) is 132 Å². The molecule has 0 N–H and O–H groups in total. The van der Waals surface area contributed by atoms with E-state index in [1.54, 1.807) is 12.1 Å². The fourth-order valence-electron chi connectivity index (χ4n) is 10.0. The first-order chi connectivity index (χ1) is 32.2. The largest absolute Gasteiger partial charge is 0.417 e. The number of rotatable bonds is 27. The molecule has 0 fully saturated rings. The van der Waals surface area contributed by atoms with Crippen LogP contribution in [0.25, 0.3) is 11.1 Å². The van der Waals surface area contributed by atoms with Crippen molar-refractivity contribution < 1.29 is 26.3 Å². The molecule has 2 atom stereocenters. The van der Waals surface area contributed by atoms with Gasteiger partial charge in [0.25, 0.3) is 0 Å². The van der Waals surface area contributed by atoms with Crippen LogP contribution in [0, 0.1) is 0 Å². The van der Waals surface area contributed by atoms with Crippen LogP contribution in [0.2, 0.25) is 36.3 Å². The maximum absolute atomic E-state index is 15.9. The van der Waals surface area contributed by atoms with Crippen LogP contribution in [0.5, 0.6) is 0 Å². The van der Waals surface area contributed by atoms with E-state index in [9.17, 15) is 0 Å². The average molecular weight is 994 g/mol. The van der Waals surface area contributed by atoms with Crippen LogP contribution >= 0.6 is 16.0 Å². The number of hydrogen-bond donors (Lipinski definition) is 0. The third-order valence-corrected chi connectivity index (χ3v) is 30.0. The summed E-state index contributed by atoms with van der Waals surface area (Å²) in [5.41, 5.74) is 0.264. The summed E-state index contributed by atoms with van der Waals surface area (Å²) in [6.45, 7) is 13.4. The Morgan fingerprint density at radius 3 is 1.30 bits per heavy atom. The lowest BCUT2D eigenvalue weighted by atomic mass is 9.99. The molecule has 0 saturated carbocycles. The fourth-order valence-corrected chi connectivity index (χ4v) is 27.0. The van der Waals surface area contributed by atoms with Crippen molar-refractivity contribution in [1.29, 1.82) is 0 Å². The number of benzene rings is 5. The summed E-state index contributed by atoms with van der Waals surface area (Å²) < 4.78 is 95.2. The Hall–Kier alpha value is -3.23. The van der Waals surface area contributed by atoms with Gasteiger partial charge in [0, 0.05) is 16.7 Å². The smallest absolute Gasteiger partial charge is 0.312 e. The molecule has 67 heavy (non-hydrogen) atoms. The second kappa shape index (κ2) is 26.1. The molecule has 5 aromatic carbocycles. The van der Waals surface area contributed by atoms with Crippen LogP contribution in [0.1, 0.15) is 130 Å². The van der Waals surface area contributed by atoms with Crippen LogP contribution in [0.15, 0.2) is 121 Å². The molecule has 0 bridgehead atoms. The number of hydrogen-bond acceptors (Lipinski definition) is 1. The Morgan fingerprint density at radius 1 is 0.448 bits per heavy atom. The monoisotopic (exact) mass is 993 g/mol. The first kappa shape index (κ1) is 54.7. The third kappa shape index (κ3) is 14.2. The minimum Gasteiger partial charge on any atom is -0.312 e. The van der Waals surface area contributed by atoms with Gasteiger partial charge < -0.3 is 4.67 Å². The highest BCUT2D eigenvalue weighted by atomic mass is 32.1. The second-order valence-corrected chi connectivity index (χ2v) is 32.1. The predicted octanol–water partition coefficient (Wildman–Crippen LogP) is 18.3. The van der Waals surface area contributed by atoms with Gasteiger partial charge in [-0.15, -0.1) is 0 Å². The molecule has 0 saturated heterocycles. The minimum atomic E-state index is -4.77. The molecule has 5 aromatic rings. The molecule has 5 rings (SSSR count). The molecular formula is C56H75F6NP2Si2. The van der Waals surface area contributed by atoms with Crippen LogP contribution < -0.4 is 25.7 Å². The van der Waals surface area contributed by atoms with Crippen molar-refractivity contribution in [2.45, 2.75) is 167 Å². The van der Waals surface area contributed by atoms with E-state index in [1.807, 2.05) is 59.3 Å². The topological polar surface area (TPSA) is 3.24 Å². The number of alkyl halides is 6. The molecule has 2 unspecified atom stereocenters. The predicted molar refractivity (Wildman–Crippen MR) is 287 cm³/mol. The molecule has 0 amide bonds. The molecule has 1 nitrogen and oxygen atoms in total. The Balaban J connectivity index is 1.72. The van der Waals surface area contributed by atoms with Crippen molar-refractivity contribution in [3.8, 4) is 11.1 Å². The Morgan fingerprint density at radius 2 is 0.866 bits per heavy atom. The van der Waals surface area contributed by atoms with E-state index in [4.69, 9.17) is 0 Å². The molecule has 364 valence electrons. The van der Waals surface area contributed by atoms with E-state index in [1.165, 1.54) is 70.9 Å². The van der Waals surface area contributed by atoms with Crippen LogP contribution in [-0.2, 0) is 12.4 Å². The molecule has 11 heteroatoms. The highest BCUT2D eigenvalue weighted by Gasteiger charge is 2.42. The number of unbranched alkanes of at least 4 members (excludes halogenated alkanes) is 6. The molecule has 0 aliphatic carbocycles. The molecule has 0 heterocycles. The van der Waals surface area contributed by atoms with Gasteiger partial charge in [-0.3, -0.25) is 0 Å². The SMILES string of the molecule is CCCC[Si](CCCC)(CCCC)c1ccc(-c2cccc(PP(c3ccccc3C(F)(F)F)N(c3ccccc3)c3ccc([Si](CCCC)(CCCC)CCCC)cc3)c2C(F)(F)F)cc1. The number of anilines is 2. The van der Waals surface area contributed by atoms with Gasteiger partial charge >= 0.3 is 12.4 Å². The maximum atomic E-state index is 15.9. The van der Waals surface area contributed by atoms with Gasteiger partial charge in [0.05, 0.1) is 35.0 Å². The molecule has 0 spiro atoms. The highest BCUT2D eigenvalue weighted by molar-refractivity contribution is 8.28. The second-order valence-electron chi connectivity index (χ2n) is 18.6. The molecular weight excluding hydrogens is 919 g/mol. The van der Waals surface area contributed by atoms with Gasteiger partial charge in [-0.2, -0.15) is 26.3 Å². The van der Waals surface area contributed by atoms with Gasteiger partial charge in [-0.05, 0) is 55.0 Å². The van der Waals surface area contributed by atoms with Gasteiger partial charge in [0.1, 0.15) is 0 Å². The summed E-state index contributed by atoms with van der Waals surface area (Å²) in [7, 11) is -6.63. The number of nitrogens with zero attached hydrogens (tertiary/aromatic N) is 1. The zero-order chi connectivity index (χ0) is 48.5. The average Bonchev–Trinajstić information content (AvgIpc) is 3.33. The lowest BCUT2D eigenvalue weighted by molar-refractivity contribution is -0.137. The Bertz CT molecular complexity index is 2170. The third-order valence-electron chi connectivity index (χ3n) is 13.8. The van der Waals surface area contributed by atoms with E-state index in [-0.39, 0.29) is 16.2 Å². The number of halogens is 6. The zero-order valence-corrected chi connectivity index (χ0v) is 44.8. The van der Waals surface area contributed by atoms with E-state index in [0.717, 1.165) is 83.1 Å². The first-order valence-electron chi connectivity index (χ1n) is 25.2. The quantitative estimate of drug-likeness (QED) is 0.0288. The van der Waals surface area contributed by atoms with E-state index in [0.29, 0.717) is 16.9 Å². The summed E-state index contributed by atoms with van der Waals surface area (Å²) in [5, 5.41) is 2.69. The first-order valence-corrected chi connectivity index (χ1v) is 33.6. The van der Waals surface area contributed by atoms with Crippen LogP contribution in [-0.4, -0.2) is 16.1 Å². The minimum absolute atomic E-state index is 0.00392. The summed E-state index contributed by atoms with van der Waals surface area (Å²) >= 11 is 0. The van der Waals surface area contributed by atoms with Crippen LogP contribution in [0.3, 0.4) is 0 Å². The highest BCUT2D eigenvalue weighted by Crippen LogP contribution is 2.63. The van der Waals surface area contributed by atoms with E-state index < -0.39 is 55.7 Å². The summed E-state index contributed by atoms with van der Waals surface area (Å²) in [6.07, 6.45) is 4.07. The molecule has 0 radical (unpaired) electrons. The normalized spacial score (nSPS) is 13.1. The summed E-state index contributed by atoms with van der Waals surface area (Å²) in [6, 6.07) is 43.0. The van der Waals surface area contributed by atoms with E-state index in [2.05, 4.69) is 65.8 Å². The van der Waals surface area contributed by atoms with Crippen molar-refractivity contribution in [2.75, 3.05) is 4.67 Å². The van der Waals surface area contributed by atoms with Crippen molar-refractivity contribution in [2.24, 2.45) is 0 Å². The zero-order valence-electron chi connectivity index (χ0n) is 40.9. The van der Waals surface area contributed by atoms with Crippen molar-refractivity contribution in [3.63, 3.8) is 0 Å². The van der Waals surface area contributed by atoms with Crippen molar-refractivity contribution >= 4 is 64.5 Å². The molecule has 0 aromatic heterocycles. The standard InChI is InChI=1S/C56H75F6NP2Si2/c1-7-13-39-66(40-14-8-2,41-15-9-3)48-35-31-45(32-36-48)50-27-24-29-52(54(50)56(60,61)62)64-65(53-30-23-22-28-51(53)55(57,58)59)63(46-25-20-19-21-26-46)47-33-37-49(38-34-47)67(42-16-10-4,43-17-11-5)44-18-12-6/h19-38,64H,7-18,39-44H2,1-6H3. The molecule has 0 aliphatic heterocycles. The molecule has 0 aliphatic rings. The Labute approximate surface area is 404 Å². The number of para-hydroxylation sites is 1. The van der Waals surface area contributed by atoms with Crippen LogP contribution in [0.4, 0.5) is 37.7 Å². The Kier molecular flexibility index (Phi) is 21.3. The van der Waals surface area contributed by atoms with Gasteiger partial charge in [0.2, 0.25) is 0 Å². The van der Waals surface area contributed by atoms with Gasteiger partial charge in [0.15, 0.2) is 0 Å². The van der Waals surface area contributed by atoms with Gasteiger partial charge in [-0.25, -0.2) is 0 Å². The van der Waals surface area contributed by atoms with E-state index >= 15 is 26.3 Å². The summed E-state index contributed by atoms with van der Waals surface area (Å²) in [4.78, 5) is 0. The van der Waals surface area contributed by atoms with Gasteiger partial charge in [-0.1, -0.05) is 256 Å².